The molecule has 0 aliphatic rings. The molecular formula is C77H122O6. The lowest BCUT2D eigenvalue weighted by molar-refractivity contribution is -0.166. The van der Waals surface area contributed by atoms with Crippen LogP contribution in [0.2, 0.25) is 0 Å². The zero-order valence-corrected chi connectivity index (χ0v) is 53.4. The monoisotopic (exact) mass is 1140 g/mol. The maximum absolute atomic E-state index is 12.9. The largest absolute Gasteiger partial charge is 0.462 e. The van der Waals surface area contributed by atoms with Gasteiger partial charge < -0.3 is 14.2 Å². The summed E-state index contributed by atoms with van der Waals surface area (Å²) in [5.74, 6) is -1.09. The molecule has 0 heterocycles. The van der Waals surface area contributed by atoms with Crippen LogP contribution in [0.4, 0.5) is 0 Å². The van der Waals surface area contributed by atoms with Gasteiger partial charge in [0.1, 0.15) is 13.2 Å². The second-order valence-electron chi connectivity index (χ2n) is 21.6. The third-order valence-electron chi connectivity index (χ3n) is 13.7. The first-order chi connectivity index (χ1) is 41.0. The number of hydrogen-bond donors (Lipinski definition) is 0. The Morgan fingerprint density at radius 1 is 0.265 bits per heavy atom. The van der Waals surface area contributed by atoms with Crippen molar-refractivity contribution in [1.82, 2.24) is 0 Å². The van der Waals surface area contributed by atoms with Gasteiger partial charge in [0.25, 0.3) is 0 Å². The van der Waals surface area contributed by atoms with Crippen LogP contribution in [0.25, 0.3) is 0 Å². The summed E-state index contributed by atoms with van der Waals surface area (Å²) in [5, 5.41) is 0. The lowest BCUT2D eigenvalue weighted by Gasteiger charge is -2.18. The van der Waals surface area contributed by atoms with Crippen LogP contribution in [0.1, 0.15) is 278 Å². The van der Waals surface area contributed by atoms with E-state index in [0.29, 0.717) is 12.8 Å². The van der Waals surface area contributed by atoms with Crippen molar-refractivity contribution < 1.29 is 28.6 Å². The molecule has 0 radical (unpaired) electrons. The molecule has 0 amide bonds. The van der Waals surface area contributed by atoms with Crippen molar-refractivity contribution in [2.45, 2.75) is 284 Å². The SMILES string of the molecule is CC/C=C\C/C=C\C/C=C\C/C=C\C/C=C\C/C=C\CCCCCCC(=O)OC(COC(=O)C/C=C\C/C=C\C/C=C\C/C=C\C/C=C\CC)COC(=O)CCCCCCCCCCCCCC/C=C\C/C=C\C/C=C\CCCCCCC. The van der Waals surface area contributed by atoms with E-state index >= 15 is 0 Å². The highest BCUT2D eigenvalue weighted by atomic mass is 16.6. The van der Waals surface area contributed by atoms with Gasteiger partial charge in [0.15, 0.2) is 6.10 Å². The molecule has 0 aliphatic carbocycles. The van der Waals surface area contributed by atoms with Crippen LogP contribution in [0.15, 0.2) is 170 Å². The molecule has 0 N–H and O–H groups in total. The number of unbranched alkanes of at least 4 members (excludes halogenated alkanes) is 21. The topological polar surface area (TPSA) is 78.9 Å². The van der Waals surface area contributed by atoms with Crippen molar-refractivity contribution in [1.29, 1.82) is 0 Å². The van der Waals surface area contributed by atoms with Crippen molar-refractivity contribution in [2.75, 3.05) is 13.2 Å². The summed E-state index contributed by atoms with van der Waals surface area (Å²) in [4.78, 5) is 38.3. The van der Waals surface area contributed by atoms with Crippen molar-refractivity contribution in [3.8, 4) is 0 Å². The Hall–Kier alpha value is -5.23. The minimum atomic E-state index is -0.844. The first-order valence-electron chi connectivity index (χ1n) is 33.6. The van der Waals surface area contributed by atoms with Gasteiger partial charge in [-0.3, -0.25) is 14.4 Å². The number of ether oxygens (including phenoxy) is 3. The average molecular weight is 1140 g/mol. The lowest BCUT2D eigenvalue weighted by atomic mass is 10.0. The van der Waals surface area contributed by atoms with Crippen LogP contribution in [-0.2, 0) is 28.6 Å². The Labute approximate surface area is 511 Å². The van der Waals surface area contributed by atoms with E-state index in [9.17, 15) is 14.4 Å². The fourth-order valence-corrected chi connectivity index (χ4v) is 8.76. The van der Waals surface area contributed by atoms with E-state index < -0.39 is 12.1 Å². The van der Waals surface area contributed by atoms with Gasteiger partial charge in [-0.25, -0.2) is 0 Å². The molecule has 6 nitrogen and oxygen atoms in total. The quantitative estimate of drug-likeness (QED) is 0.0261. The minimum absolute atomic E-state index is 0.113. The molecular weight excluding hydrogens is 1020 g/mol. The predicted octanol–water partition coefficient (Wildman–Crippen LogP) is 23.4. The Kier molecular flexibility index (Phi) is 64.9. The minimum Gasteiger partial charge on any atom is -0.462 e. The molecule has 0 aromatic carbocycles. The van der Waals surface area contributed by atoms with Crippen LogP contribution in [0, 0.1) is 0 Å². The van der Waals surface area contributed by atoms with E-state index in [4.69, 9.17) is 14.2 Å². The van der Waals surface area contributed by atoms with Crippen LogP contribution in [0.5, 0.6) is 0 Å². The molecule has 6 heteroatoms. The standard InChI is InChI=1S/C77H122O6/c1-4-7-10-13-16-19-22-25-28-30-32-34-36-37-38-39-41-42-44-46-49-52-55-58-61-64-67-70-76(79)82-73-74(72-81-75(78)69-66-63-60-57-54-51-48-27-24-21-18-15-12-9-6-3)83-77(80)71-68-65-62-59-56-53-50-47-45-43-40-35-33-31-29-26-23-20-17-14-11-8-5-2/h8-9,11-12,17-18,20-22,25-27,29-30,32-33,35-37,43,45,48,50,53-54,57,63,66,74H,4-7,10,13-16,19,23-24,28,31,34,38-42,44,46-47,49,51-52,55-56,58-62,64-65,67-73H2,1-3H3/b11-8-,12-9-,20-17-,21-18-,25-22-,29-26-,32-30-,35-33-,37-36-,45-43-,48-27-,53-50-,57-54-,66-63-. The first-order valence-corrected chi connectivity index (χ1v) is 33.6. The van der Waals surface area contributed by atoms with Crippen LogP contribution in [0.3, 0.4) is 0 Å². The third kappa shape index (κ3) is 67.4. The molecule has 0 saturated heterocycles. The first kappa shape index (κ1) is 77.8. The van der Waals surface area contributed by atoms with E-state index in [-0.39, 0.29) is 38.0 Å². The Morgan fingerprint density at radius 3 is 0.843 bits per heavy atom. The molecule has 83 heavy (non-hydrogen) atoms. The Bertz CT molecular complexity index is 1890. The zero-order valence-electron chi connectivity index (χ0n) is 53.4. The summed E-state index contributed by atoms with van der Waals surface area (Å²) >= 11 is 0. The molecule has 0 aromatic rings. The van der Waals surface area contributed by atoms with Crippen LogP contribution >= 0.6 is 0 Å². The smallest absolute Gasteiger partial charge is 0.309 e. The summed E-state index contributed by atoms with van der Waals surface area (Å²) in [6.45, 7) is 6.29. The lowest BCUT2D eigenvalue weighted by Crippen LogP contribution is -2.30. The molecule has 0 rings (SSSR count). The summed E-state index contributed by atoms with van der Waals surface area (Å²) in [6.07, 6.45) is 102. The maximum atomic E-state index is 12.9. The van der Waals surface area contributed by atoms with Gasteiger partial charge in [-0.15, -0.1) is 0 Å². The Balaban J connectivity index is 4.48. The molecule has 0 fully saturated rings. The molecule has 0 aromatic heterocycles. The normalized spacial score (nSPS) is 13.2. The number of hydrogen-bond acceptors (Lipinski definition) is 6. The van der Waals surface area contributed by atoms with Crippen LogP contribution in [-0.4, -0.2) is 37.2 Å². The highest BCUT2D eigenvalue weighted by Gasteiger charge is 2.19. The van der Waals surface area contributed by atoms with E-state index in [1.54, 1.807) is 6.08 Å². The molecule has 1 atom stereocenters. The summed E-state index contributed by atoms with van der Waals surface area (Å²) in [7, 11) is 0. The number of carbonyl (C=O) groups is 3. The molecule has 466 valence electrons. The van der Waals surface area contributed by atoms with Gasteiger partial charge in [0.05, 0.1) is 6.42 Å². The van der Waals surface area contributed by atoms with Crippen molar-refractivity contribution in [2.24, 2.45) is 0 Å². The van der Waals surface area contributed by atoms with Crippen molar-refractivity contribution in [3.05, 3.63) is 170 Å². The molecule has 0 bridgehead atoms. The van der Waals surface area contributed by atoms with Gasteiger partial charge in [0.2, 0.25) is 0 Å². The zero-order chi connectivity index (χ0) is 59.9. The molecule has 0 aliphatic heterocycles. The van der Waals surface area contributed by atoms with Gasteiger partial charge in [-0.2, -0.15) is 0 Å². The predicted molar refractivity (Wildman–Crippen MR) is 361 cm³/mol. The second-order valence-corrected chi connectivity index (χ2v) is 21.6. The summed E-state index contributed by atoms with van der Waals surface area (Å²) in [6, 6.07) is 0. The van der Waals surface area contributed by atoms with E-state index in [2.05, 4.69) is 179 Å². The van der Waals surface area contributed by atoms with E-state index in [1.165, 1.54) is 103 Å². The van der Waals surface area contributed by atoms with E-state index in [1.807, 2.05) is 6.08 Å². The molecule has 1 unspecified atom stereocenters. The van der Waals surface area contributed by atoms with Gasteiger partial charge in [0, 0.05) is 12.8 Å². The van der Waals surface area contributed by atoms with Gasteiger partial charge in [-0.05, 0) is 135 Å². The van der Waals surface area contributed by atoms with Crippen molar-refractivity contribution in [3.63, 3.8) is 0 Å². The number of carbonyl (C=O) groups excluding carboxylic acids is 3. The number of allylic oxidation sites excluding steroid dienone is 27. The maximum Gasteiger partial charge on any atom is 0.309 e. The fourth-order valence-electron chi connectivity index (χ4n) is 8.76. The fraction of sp³-hybridized carbons (Fsp3) is 0.597. The summed E-state index contributed by atoms with van der Waals surface area (Å²) in [5.41, 5.74) is 0. The Morgan fingerprint density at radius 2 is 0.518 bits per heavy atom. The highest BCUT2D eigenvalue weighted by molar-refractivity contribution is 5.72. The van der Waals surface area contributed by atoms with Crippen LogP contribution < -0.4 is 0 Å². The molecule has 0 spiro atoms. The van der Waals surface area contributed by atoms with Crippen molar-refractivity contribution >= 4 is 17.9 Å². The highest BCUT2D eigenvalue weighted by Crippen LogP contribution is 2.15. The second kappa shape index (κ2) is 69.3. The third-order valence-corrected chi connectivity index (χ3v) is 13.7. The summed E-state index contributed by atoms with van der Waals surface area (Å²) < 4.78 is 16.8. The molecule has 0 saturated carbocycles. The van der Waals surface area contributed by atoms with E-state index in [0.717, 1.165) is 128 Å². The number of rotatable bonds is 59. The van der Waals surface area contributed by atoms with Gasteiger partial charge in [-0.1, -0.05) is 294 Å². The number of esters is 3. The van der Waals surface area contributed by atoms with Gasteiger partial charge >= 0.3 is 17.9 Å². The average Bonchev–Trinajstić information content (AvgIpc) is 3.49.